The summed E-state index contributed by atoms with van der Waals surface area (Å²) in [5.41, 5.74) is 4.79. The fourth-order valence-electron chi connectivity index (χ4n) is 0.978. The van der Waals surface area contributed by atoms with Crippen molar-refractivity contribution >= 4 is 23.2 Å². The first-order valence-electron chi connectivity index (χ1n) is 4.35. The summed E-state index contributed by atoms with van der Waals surface area (Å²) in [5, 5.41) is 10.7. The fraction of sp³-hybridized carbons (Fsp3) is 0.222. The SMILES string of the molecule is NC(=O)CCOc1cc([N+](=O)[O-])ccc1Cl. The standard InChI is InChI=1S/C9H9ClN2O4/c10-7-2-1-6(12(14)15)5-8(7)16-4-3-9(11)13/h1-2,5H,3-4H2,(H2,11,13). The Bertz CT molecular complexity index is 422. The minimum absolute atomic E-state index is 0.0268. The molecular formula is C9H9ClN2O4. The second kappa shape index (κ2) is 5.32. The number of primary amides is 1. The average molecular weight is 245 g/mol. The average Bonchev–Trinajstić information content (AvgIpc) is 2.20. The van der Waals surface area contributed by atoms with Crippen LogP contribution in [0, 0.1) is 10.1 Å². The quantitative estimate of drug-likeness (QED) is 0.627. The van der Waals surface area contributed by atoms with Gasteiger partial charge in [-0.2, -0.15) is 0 Å². The second-order valence-electron chi connectivity index (χ2n) is 2.94. The number of ether oxygens (including phenoxy) is 1. The van der Waals surface area contributed by atoms with Gasteiger partial charge in [0.25, 0.3) is 5.69 Å². The van der Waals surface area contributed by atoms with Gasteiger partial charge in [-0.05, 0) is 6.07 Å². The molecule has 0 unspecified atom stereocenters. The van der Waals surface area contributed by atoms with Crippen LogP contribution in [-0.4, -0.2) is 17.4 Å². The number of hydrogen-bond donors (Lipinski definition) is 1. The van der Waals surface area contributed by atoms with E-state index in [9.17, 15) is 14.9 Å². The van der Waals surface area contributed by atoms with Crippen LogP contribution >= 0.6 is 11.6 Å². The lowest BCUT2D eigenvalue weighted by Crippen LogP contribution is -2.14. The first kappa shape index (κ1) is 12.3. The summed E-state index contributed by atoms with van der Waals surface area (Å²) < 4.78 is 5.10. The maximum Gasteiger partial charge on any atom is 0.273 e. The molecule has 0 bridgehead atoms. The lowest BCUT2D eigenvalue weighted by molar-refractivity contribution is -0.384. The summed E-state index contributed by atoms with van der Waals surface area (Å²) >= 11 is 5.75. The zero-order chi connectivity index (χ0) is 12.1. The largest absolute Gasteiger partial charge is 0.491 e. The molecule has 7 heteroatoms. The van der Waals surface area contributed by atoms with E-state index in [1.54, 1.807) is 0 Å². The Labute approximate surface area is 96.1 Å². The van der Waals surface area contributed by atoms with Crippen molar-refractivity contribution in [1.29, 1.82) is 0 Å². The lowest BCUT2D eigenvalue weighted by Gasteiger charge is -2.06. The number of halogens is 1. The van der Waals surface area contributed by atoms with Gasteiger partial charge in [-0.25, -0.2) is 0 Å². The van der Waals surface area contributed by atoms with Gasteiger partial charge in [0.1, 0.15) is 5.75 Å². The van der Waals surface area contributed by atoms with E-state index in [1.807, 2.05) is 0 Å². The highest BCUT2D eigenvalue weighted by Crippen LogP contribution is 2.28. The van der Waals surface area contributed by atoms with Crippen molar-refractivity contribution in [2.75, 3.05) is 6.61 Å². The molecule has 16 heavy (non-hydrogen) atoms. The zero-order valence-corrected chi connectivity index (χ0v) is 8.94. The van der Waals surface area contributed by atoms with Gasteiger partial charge in [0.05, 0.1) is 29.0 Å². The highest BCUT2D eigenvalue weighted by molar-refractivity contribution is 6.32. The number of nitro groups is 1. The van der Waals surface area contributed by atoms with Gasteiger partial charge in [0, 0.05) is 6.07 Å². The predicted molar refractivity (Wildman–Crippen MR) is 57.4 cm³/mol. The van der Waals surface area contributed by atoms with Crippen LogP contribution in [0.1, 0.15) is 6.42 Å². The number of rotatable bonds is 5. The monoisotopic (exact) mass is 244 g/mol. The Morgan fingerprint density at radius 3 is 2.81 bits per heavy atom. The number of amides is 1. The van der Waals surface area contributed by atoms with E-state index >= 15 is 0 Å². The Morgan fingerprint density at radius 2 is 2.25 bits per heavy atom. The summed E-state index contributed by atoms with van der Waals surface area (Å²) in [6, 6.07) is 3.83. The molecule has 0 saturated carbocycles. The lowest BCUT2D eigenvalue weighted by atomic mass is 10.3. The number of carbonyl (C=O) groups excluding carboxylic acids is 1. The third-order valence-electron chi connectivity index (χ3n) is 1.73. The summed E-state index contributed by atoms with van der Waals surface area (Å²) in [5.74, 6) is -0.348. The highest BCUT2D eigenvalue weighted by atomic mass is 35.5. The number of benzene rings is 1. The van der Waals surface area contributed by atoms with E-state index in [2.05, 4.69) is 0 Å². The zero-order valence-electron chi connectivity index (χ0n) is 8.18. The molecule has 6 nitrogen and oxygen atoms in total. The molecule has 0 aliphatic carbocycles. The van der Waals surface area contributed by atoms with Gasteiger partial charge >= 0.3 is 0 Å². The molecule has 0 fully saturated rings. The van der Waals surface area contributed by atoms with Gasteiger partial charge in [0.15, 0.2) is 0 Å². The van der Waals surface area contributed by atoms with Crippen molar-refractivity contribution in [1.82, 2.24) is 0 Å². The van der Waals surface area contributed by atoms with Crippen LogP contribution in [0.3, 0.4) is 0 Å². The van der Waals surface area contributed by atoms with E-state index in [-0.39, 0.29) is 29.5 Å². The van der Waals surface area contributed by atoms with Crippen LogP contribution < -0.4 is 10.5 Å². The summed E-state index contributed by atoms with van der Waals surface area (Å²) in [6.45, 7) is 0.0379. The van der Waals surface area contributed by atoms with Crippen LogP contribution in [0.4, 0.5) is 5.69 Å². The molecule has 2 N–H and O–H groups in total. The number of nitrogens with two attached hydrogens (primary N) is 1. The predicted octanol–water partition coefficient (Wildman–Crippen LogP) is 1.50. The maximum atomic E-state index is 10.5. The fourth-order valence-corrected chi connectivity index (χ4v) is 1.15. The molecule has 1 amide bonds. The number of nitrogens with zero attached hydrogens (tertiary/aromatic N) is 1. The summed E-state index contributed by atoms with van der Waals surface area (Å²) in [7, 11) is 0. The van der Waals surface area contributed by atoms with Gasteiger partial charge in [-0.15, -0.1) is 0 Å². The van der Waals surface area contributed by atoms with Crippen LogP contribution in [0.15, 0.2) is 18.2 Å². The molecule has 0 aliphatic rings. The van der Waals surface area contributed by atoms with Crippen LogP contribution in [0.25, 0.3) is 0 Å². The van der Waals surface area contributed by atoms with Gasteiger partial charge < -0.3 is 10.5 Å². The minimum Gasteiger partial charge on any atom is -0.491 e. The molecule has 1 aromatic rings. The summed E-state index contributed by atoms with van der Waals surface area (Å²) in [6.07, 6.45) is 0.0268. The number of non-ortho nitro benzene ring substituents is 1. The minimum atomic E-state index is -0.558. The molecule has 0 aromatic heterocycles. The topological polar surface area (TPSA) is 95.5 Å². The molecule has 0 heterocycles. The van der Waals surface area contributed by atoms with Crippen LogP contribution in [-0.2, 0) is 4.79 Å². The second-order valence-corrected chi connectivity index (χ2v) is 3.34. The van der Waals surface area contributed by atoms with Gasteiger partial charge in [-0.3, -0.25) is 14.9 Å². The van der Waals surface area contributed by atoms with Crippen LogP contribution in [0.2, 0.25) is 5.02 Å². The van der Waals surface area contributed by atoms with E-state index in [0.29, 0.717) is 0 Å². The normalized spacial score (nSPS) is 9.81. The molecule has 0 radical (unpaired) electrons. The number of nitro benzene ring substituents is 1. The van der Waals surface area contributed by atoms with E-state index in [0.717, 1.165) is 0 Å². The van der Waals surface area contributed by atoms with Crippen molar-refractivity contribution < 1.29 is 14.5 Å². The maximum absolute atomic E-state index is 10.5. The molecule has 1 aromatic carbocycles. The third kappa shape index (κ3) is 3.39. The Morgan fingerprint density at radius 1 is 1.56 bits per heavy atom. The van der Waals surface area contributed by atoms with E-state index in [1.165, 1.54) is 18.2 Å². The first-order valence-corrected chi connectivity index (χ1v) is 4.73. The van der Waals surface area contributed by atoms with E-state index < -0.39 is 10.8 Å². The third-order valence-corrected chi connectivity index (χ3v) is 2.04. The Balaban J connectivity index is 2.74. The molecule has 0 saturated heterocycles. The Kier molecular flexibility index (Phi) is 4.07. The number of carbonyl (C=O) groups is 1. The van der Waals surface area contributed by atoms with Gasteiger partial charge in [-0.1, -0.05) is 11.6 Å². The first-order chi connectivity index (χ1) is 7.50. The number of hydrogen-bond acceptors (Lipinski definition) is 4. The van der Waals surface area contributed by atoms with Crippen molar-refractivity contribution in [3.05, 3.63) is 33.3 Å². The molecule has 86 valence electrons. The Hall–Kier alpha value is -1.82. The van der Waals surface area contributed by atoms with Gasteiger partial charge in [0.2, 0.25) is 5.91 Å². The molecule has 0 spiro atoms. The molecule has 1 rings (SSSR count). The van der Waals surface area contributed by atoms with E-state index in [4.69, 9.17) is 22.1 Å². The summed E-state index contributed by atoms with van der Waals surface area (Å²) in [4.78, 5) is 20.4. The van der Waals surface area contributed by atoms with Crippen molar-refractivity contribution in [3.63, 3.8) is 0 Å². The molecular weight excluding hydrogens is 236 g/mol. The highest BCUT2D eigenvalue weighted by Gasteiger charge is 2.10. The van der Waals surface area contributed by atoms with Crippen molar-refractivity contribution in [3.8, 4) is 5.75 Å². The molecule has 0 atom stereocenters. The van der Waals surface area contributed by atoms with Crippen molar-refractivity contribution in [2.24, 2.45) is 5.73 Å². The van der Waals surface area contributed by atoms with Crippen LogP contribution in [0.5, 0.6) is 5.75 Å². The molecule has 0 aliphatic heterocycles. The smallest absolute Gasteiger partial charge is 0.273 e. The van der Waals surface area contributed by atoms with Crippen molar-refractivity contribution in [2.45, 2.75) is 6.42 Å².